The third kappa shape index (κ3) is 2.40. The van der Waals surface area contributed by atoms with E-state index in [0.29, 0.717) is 0 Å². The standard InChI is InChI=1S/C9H19I/c1-8(2)9-4-6-10(3)7-5-9/h8-9H,4-7H2,1-3H3. The fourth-order valence-corrected chi connectivity index (χ4v) is 5.82. The van der Waals surface area contributed by atoms with E-state index in [2.05, 4.69) is 18.8 Å². The summed E-state index contributed by atoms with van der Waals surface area (Å²) in [6, 6.07) is 0. The molecule has 0 N–H and O–H groups in total. The summed E-state index contributed by atoms with van der Waals surface area (Å²) in [5.74, 6) is 2.03. The molecule has 0 saturated carbocycles. The molecule has 0 aromatic heterocycles. The van der Waals surface area contributed by atoms with E-state index in [1.807, 2.05) is 0 Å². The van der Waals surface area contributed by atoms with Crippen LogP contribution in [0.2, 0.25) is 0 Å². The second-order valence-electron chi connectivity index (χ2n) is 3.68. The van der Waals surface area contributed by atoms with Crippen LogP contribution in [0.15, 0.2) is 0 Å². The van der Waals surface area contributed by atoms with Crippen LogP contribution in [0.3, 0.4) is 0 Å². The molecule has 1 aliphatic heterocycles. The fourth-order valence-electron chi connectivity index (χ4n) is 1.56. The number of hydrogen-bond donors (Lipinski definition) is 0. The van der Waals surface area contributed by atoms with Gasteiger partial charge in [-0.15, -0.1) is 0 Å². The van der Waals surface area contributed by atoms with Gasteiger partial charge in [-0.05, 0) is 0 Å². The van der Waals surface area contributed by atoms with Crippen molar-refractivity contribution in [2.45, 2.75) is 26.7 Å². The van der Waals surface area contributed by atoms with Crippen LogP contribution in [-0.4, -0.2) is 13.8 Å². The van der Waals surface area contributed by atoms with Crippen molar-refractivity contribution in [3.63, 3.8) is 0 Å². The molecule has 1 aliphatic rings. The van der Waals surface area contributed by atoms with Gasteiger partial charge in [-0.1, -0.05) is 0 Å². The van der Waals surface area contributed by atoms with Gasteiger partial charge in [-0.2, -0.15) is 0 Å². The third-order valence-electron chi connectivity index (χ3n) is 2.55. The molecule has 0 bridgehead atoms. The van der Waals surface area contributed by atoms with Gasteiger partial charge in [-0.25, -0.2) is 0 Å². The first-order chi connectivity index (χ1) is 4.70. The van der Waals surface area contributed by atoms with E-state index in [-0.39, 0.29) is 19.8 Å². The molecule has 0 atom stereocenters. The molecule has 10 heavy (non-hydrogen) atoms. The molecule has 0 unspecified atom stereocenters. The van der Waals surface area contributed by atoms with Gasteiger partial charge < -0.3 is 0 Å². The Kier molecular flexibility index (Phi) is 3.47. The average Bonchev–Trinajstić information content (AvgIpc) is 1.88. The molecule has 1 fully saturated rings. The van der Waals surface area contributed by atoms with Gasteiger partial charge in [0.1, 0.15) is 0 Å². The summed E-state index contributed by atoms with van der Waals surface area (Å²) in [5.41, 5.74) is 0. The molecule has 0 nitrogen and oxygen atoms in total. The van der Waals surface area contributed by atoms with E-state index in [9.17, 15) is 0 Å². The van der Waals surface area contributed by atoms with E-state index < -0.39 is 0 Å². The van der Waals surface area contributed by atoms with Crippen LogP contribution in [0, 0.1) is 11.8 Å². The van der Waals surface area contributed by atoms with E-state index >= 15 is 0 Å². The summed E-state index contributed by atoms with van der Waals surface area (Å²) in [6.45, 7) is 4.76. The van der Waals surface area contributed by atoms with Gasteiger partial charge in [0, 0.05) is 0 Å². The van der Waals surface area contributed by atoms with Crippen LogP contribution < -0.4 is 0 Å². The monoisotopic (exact) mass is 254 g/mol. The Morgan fingerprint density at radius 3 is 2.10 bits per heavy atom. The first kappa shape index (κ1) is 8.82. The second kappa shape index (κ2) is 3.93. The van der Waals surface area contributed by atoms with Crippen LogP contribution >= 0.6 is 19.8 Å². The van der Waals surface area contributed by atoms with Crippen LogP contribution in [0.4, 0.5) is 0 Å². The topological polar surface area (TPSA) is 0 Å². The van der Waals surface area contributed by atoms with E-state index in [4.69, 9.17) is 0 Å². The molecule has 0 spiro atoms. The van der Waals surface area contributed by atoms with E-state index in [1.54, 1.807) is 21.7 Å². The Balaban J connectivity index is 2.26. The molecule has 1 heterocycles. The Bertz CT molecular complexity index is 90.9. The van der Waals surface area contributed by atoms with Gasteiger partial charge in [0.15, 0.2) is 0 Å². The van der Waals surface area contributed by atoms with E-state index in [0.717, 1.165) is 11.8 Å². The molecule has 0 aromatic carbocycles. The zero-order valence-electron chi connectivity index (χ0n) is 7.36. The Morgan fingerprint density at radius 2 is 1.70 bits per heavy atom. The van der Waals surface area contributed by atoms with Crippen molar-refractivity contribution in [1.29, 1.82) is 0 Å². The van der Waals surface area contributed by atoms with E-state index in [1.165, 1.54) is 0 Å². The van der Waals surface area contributed by atoms with Crippen molar-refractivity contribution in [3.05, 3.63) is 0 Å². The molecular formula is C9H19I. The maximum absolute atomic E-state index is 2.54. The van der Waals surface area contributed by atoms with Crippen LogP contribution in [0.25, 0.3) is 0 Å². The molecule has 0 amide bonds. The number of alkyl halides is 3. The van der Waals surface area contributed by atoms with Crippen molar-refractivity contribution in [2.75, 3.05) is 13.8 Å². The molecule has 1 saturated heterocycles. The molecule has 0 aromatic rings. The zero-order valence-corrected chi connectivity index (χ0v) is 9.52. The molecule has 1 heteroatoms. The molecule has 0 aliphatic carbocycles. The van der Waals surface area contributed by atoms with Gasteiger partial charge in [0.05, 0.1) is 0 Å². The Morgan fingerprint density at radius 1 is 1.20 bits per heavy atom. The summed E-state index contributed by atoms with van der Waals surface area (Å²) in [4.78, 5) is 2.54. The summed E-state index contributed by atoms with van der Waals surface area (Å²) in [6.07, 6.45) is 3.11. The maximum atomic E-state index is 2.54. The molecule has 0 radical (unpaired) electrons. The van der Waals surface area contributed by atoms with Crippen molar-refractivity contribution in [3.8, 4) is 0 Å². The van der Waals surface area contributed by atoms with Crippen molar-refractivity contribution >= 4 is 19.8 Å². The SMILES string of the molecule is CC(C)C1CCI(C)CC1. The van der Waals surface area contributed by atoms with Crippen LogP contribution in [0.1, 0.15) is 26.7 Å². The van der Waals surface area contributed by atoms with Gasteiger partial charge in [-0.3, -0.25) is 0 Å². The Labute approximate surface area is 72.2 Å². The number of halogens is 1. The van der Waals surface area contributed by atoms with Crippen LogP contribution in [0.5, 0.6) is 0 Å². The summed E-state index contributed by atoms with van der Waals surface area (Å²) >= 11 is -0.326. The summed E-state index contributed by atoms with van der Waals surface area (Å²) in [7, 11) is 0. The Hall–Kier alpha value is 0.730. The van der Waals surface area contributed by atoms with Crippen molar-refractivity contribution in [1.82, 2.24) is 0 Å². The quantitative estimate of drug-likeness (QED) is 0.498. The summed E-state index contributed by atoms with van der Waals surface area (Å²) in [5, 5.41) is 0. The molecule has 62 valence electrons. The second-order valence-corrected chi connectivity index (χ2v) is 9.97. The minimum atomic E-state index is -0.326. The summed E-state index contributed by atoms with van der Waals surface area (Å²) < 4.78 is 3.26. The fraction of sp³-hybridized carbons (Fsp3) is 1.00. The van der Waals surface area contributed by atoms with Gasteiger partial charge in [0.2, 0.25) is 0 Å². The first-order valence-corrected chi connectivity index (χ1v) is 9.43. The van der Waals surface area contributed by atoms with Gasteiger partial charge >= 0.3 is 72.1 Å². The minimum absolute atomic E-state index is 0.326. The number of hydrogen-bond acceptors (Lipinski definition) is 0. The number of rotatable bonds is 1. The molecular weight excluding hydrogens is 235 g/mol. The van der Waals surface area contributed by atoms with Crippen LogP contribution in [-0.2, 0) is 0 Å². The average molecular weight is 254 g/mol. The third-order valence-corrected chi connectivity index (χ3v) is 7.48. The van der Waals surface area contributed by atoms with Crippen molar-refractivity contribution in [2.24, 2.45) is 11.8 Å². The van der Waals surface area contributed by atoms with Crippen molar-refractivity contribution < 1.29 is 0 Å². The zero-order chi connectivity index (χ0) is 7.56. The predicted octanol–water partition coefficient (Wildman–Crippen LogP) is 3.19. The first-order valence-electron chi connectivity index (χ1n) is 4.22. The molecule has 1 rings (SSSR count). The predicted molar refractivity (Wildman–Crippen MR) is 57.2 cm³/mol. The normalized spacial score (nSPS) is 25.8. The van der Waals surface area contributed by atoms with Gasteiger partial charge in [0.25, 0.3) is 0 Å².